The van der Waals surface area contributed by atoms with E-state index in [1.807, 2.05) is 19.9 Å². The predicted octanol–water partition coefficient (Wildman–Crippen LogP) is 3.11. The first-order valence-electron chi connectivity index (χ1n) is 9.31. The molecule has 3 N–H and O–H groups in total. The van der Waals surface area contributed by atoms with Crippen molar-refractivity contribution in [1.82, 2.24) is 10.6 Å². The maximum absolute atomic E-state index is 12.7. The Hall–Kier alpha value is -2.87. The van der Waals surface area contributed by atoms with Crippen LogP contribution in [-0.4, -0.2) is 32.7 Å². The molecule has 0 heterocycles. The van der Waals surface area contributed by atoms with Gasteiger partial charge in [-0.1, -0.05) is 44.2 Å². The van der Waals surface area contributed by atoms with Crippen molar-refractivity contribution in [3.63, 3.8) is 0 Å². The molecule has 29 heavy (non-hydrogen) atoms. The van der Waals surface area contributed by atoms with Crippen LogP contribution in [0.2, 0.25) is 0 Å². The molecule has 0 aromatic heterocycles. The average Bonchev–Trinajstić information content (AvgIpc) is 2.66. The second kappa shape index (κ2) is 9.56. The van der Waals surface area contributed by atoms with Crippen molar-refractivity contribution in [2.45, 2.75) is 37.8 Å². The molecule has 2 aromatic carbocycles. The summed E-state index contributed by atoms with van der Waals surface area (Å²) >= 11 is 0. The highest BCUT2D eigenvalue weighted by Crippen LogP contribution is 2.17. The molecule has 0 saturated heterocycles. The number of rotatable bonds is 7. The van der Waals surface area contributed by atoms with Gasteiger partial charge in [-0.25, -0.2) is 13.2 Å². The van der Waals surface area contributed by atoms with Crippen molar-refractivity contribution in [3.05, 3.63) is 60.2 Å². The summed E-state index contributed by atoms with van der Waals surface area (Å²) in [4.78, 5) is 25.2. The molecule has 3 amide bonds. The number of anilines is 1. The molecule has 8 heteroatoms. The quantitative estimate of drug-likeness (QED) is 0.644. The minimum absolute atomic E-state index is 0.128. The Bertz CT molecular complexity index is 942. The van der Waals surface area contributed by atoms with Crippen LogP contribution in [-0.2, 0) is 14.6 Å². The second-order valence-corrected chi connectivity index (χ2v) is 9.27. The summed E-state index contributed by atoms with van der Waals surface area (Å²) in [7, 11) is -3.27. The van der Waals surface area contributed by atoms with Gasteiger partial charge >= 0.3 is 6.03 Å². The Morgan fingerprint density at radius 3 is 1.97 bits per heavy atom. The molecule has 0 spiro atoms. The number of hydrogen-bond donors (Lipinski definition) is 3. The molecular formula is C21H27N3O4S. The number of urea groups is 1. The lowest BCUT2D eigenvalue weighted by Gasteiger charge is -2.24. The Morgan fingerprint density at radius 1 is 0.862 bits per heavy atom. The van der Waals surface area contributed by atoms with E-state index in [9.17, 15) is 18.0 Å². The van der Waals surface area contributed by atoms with E-state index >= 15 is 0 Å². The van der Waals surface area contributed by atoms with Crippen LogP contribution < -0.4 is 16.0 Å². The zero-order chi connectivity index (χ0) is 21.6. The van der Waals surface area contributed by atoms with Crippen molar-refractivity contribution < 1.29 is 18.0 Å². The Morgan fingerprint density at radius 2 is 1.45 bits per heavy atom. The number of carbonyl (C=O) groups is 2. The molecule has 0 aliphatic carbocycles. The van der Waals surface area contributed by atoms with E-state index in [1.54, 1.807) is 43.3 Å². The number of nitrogens with one attached hydrogen (secondary N) is 3. The Kier molecular flexibility index (Phi) is 7.39. The highest BCUT2D eigenvalue weighted by Gasteiger charge is 2.25. The van der Waals surface area contributed by atoms with Crippen LogP contribution in [0.3, 0.4) is 0 Å². The highest BCUT2D eigenvalue weighted by atomic mass is 32.2. The van der Waals surface area contributed by atoms with Crippen molar-refractivity contribution in [3.8, 4) is 0 Å². The topological polar surface area (TPSA) is 104 Å². The van der Waals surface area contributed by atoms with Gasteiger partial charge in [-0.05, 0) is 42.7 Å². The molecule has 2 rings (SSSR count). The van der Waals surface area contributed by atoms with Gasteiger partial charge in [0, 0.05) is 11.9 Å². The van der Waals surface area contributed by atoms with E-state index in [-0.39, 0.29) is 22.8 Å². The molecule has 0 bridgehead atoms. The molecule has 0 radical (unpaired) electrons. The van der Waals surface area contributed by atoms with Gasteiger partial charge in [0.1, 0.15) is 6.04 Å². The van der Waals surface area contributed by atoms with Crippen molar-refractivity contribution in [2.24, 2.45) is 5.92 Å². The van der Waals surface area contributed by atoms with E-state index in [4.69, 9.17) is 0 Å². The standard InChI is InChI=1S/C21H27N3O4S/c1-14(2)19(24-21(26)23-17-8-6-5-7-9-17)20(25)22-15(3)16-10-12-18(13-11-16)29(4,27)28/h5-15,19H,1-4H3,(H,22,25)(H2,23,24,26)/t15-,19+/m0/s1. The van der Waals surface area contributed by atoms with E-state index < -0.39 is 21.9 Å². The van der Waals surface area contributed by atoms with E-state index in [1.165, 1.54) is 12.1 Å². The van der Waals surface area contributed by atoms with Crippen LogP contribution in [0.1, 0.15) is 32.4 Å². The van der Waals surface area contributed by atoms with E-state index in [0.717, 1.165) is 11.8 Å². The van der Waals surface area contributed by atoms with Gasteiger partial charge in [-0.2, -0.15) is 0 Å². The highest BCUT2D eigenvalue weighted by molar-refractivity contribution is 7.90. The van der Waals surface area contributed by atoms with Crippen LogP contribution in [0.25, 0.3) is 0 Å². The molecule has 2 atom stereocenters. The SMILES string of the molecule is CC(C)[C@@H](NC(=O)Nc1ccccc1)C(=O)N[C@@H](C)c1ccc(S(C)(=O)=O)cc1. The third-order valence-corrected chi connectivity index (χ3v) is 5.56. The molecule has 0 fully saturated rings. The van der Waals surface area contributed by atoms with Gasteiger partial charge in [-0.15, -0.1) is 0 Å². The van der Waals surface area contributed by atoms with Crippen LogP contribution in [0.4, 0.5) is 10.5 Å². The third kappa shape index (κ3) is 6.60. The predicted molar refractivity (Wildman–Crippen MR) is 113 cm³/mol. The molecule has 0 aliphatic heterocycles. The molecule has 0 aliphatic rings. The summed E-state index contributed by atoms with van der Waals surface area (Å²) < 4.78 is 23.1. The molecule has 0 unspecified atom stereocenters. The van der Waals surface area contributed by atoms with Crippen molar-refractivity contribution in [2.75, 3.05) is 11.6 Å². The first-order valence-corrected chi connectivity index (χ1v) is 11.2. The lowest BCUT2D eigenvalue weighted by Crippen LogP contribution is -2.51. The Labute approximate surface area is 171 Å². The van der Waals surface area contributed by atoms with Gasteiger partial charge in [0.2, 0.25) is 5.91 Å². The molecule has 156 valence electrons. The minimum atomic E-state index is -3.27. The summed E-state index contributed by atoms with van der Waals surface area (Å²) in [6.45, 7) is 5.49. The number of para-hydroxylation sites is 1. The lowest BCUT2D eigenvalue weighted by molar-refractivity contribution is -0.124. The number of sulfone groups is 1. The maximum Gasteiger partial charge on any atom is 0.319 e. The summed E-state index contributed by atoms with van der Waals surface area (Å²) in [5.41, 5.74) is 1.40. The minimum Gasteiger partial charge on any atom is -0.348 e. The largest absolute Gasteiger partial charge is 0.348 e. The smallest absolute Gasteiger partial charge is 0.319 e. The fraction of sp³-hybridized carbons (Fsp3) is 0.333. The summed E-state index contributed by atoms with van der Waals surface area (Å²) in [5, 5.41) is 8.28. The van der Waals surface area contributed by atoms with Crippen LogP contribution in [0, 0.1) is 5.92 Å². The van der Waals surface area contributed by atoms with Gasteiger partial charge in [0.05, 0.1) is 10.9 Å². The lowest BCUT2D eigenvalue weighted by atomic mass is 10.0. The van der Waals surface area contributed by atoms with Gasteiger partial charge in [0.25, 0.3) is 0 Å². The third-order valence-electron chi connectivity index (χ3n) is 4.43. The Balaban J connectivity index is 2.02. The number of benzene rings is 2. The molecule has 7 nitrogen and oxygen atoms in total. The summed E-state index contributed by atoms with van der Waals surface area (Å²) in [6.07, 6.45) is 1.15. The van der Waals surface area contributed by atoms with Crippen LogP contribution in [0.5, 0.6) is 0 Å². The second-order valence-electron chi connectivity index (χ2n) is 7.26. The molecular weight excluding hydrogens is 390 g/mol. The number of carbonyl (C=O) groups excluding carboxylic acids is 2. The number of hydrogen-bond acceptors (Lipinski definition) is 4. The van der Waals surface area contributed by atoms with Gasteiger partial charge < -0.3 is 16.0 Å². The average molecular weight is 418 g/mol. The molecule has 2 aromatic rings. The van der Waals surface area contributed by atoms with Gasteiger partial charge in [0.15, 0.2) is 9.84 Å². The first-order chi connectivity index (χ1) is 13.6. The normalized spacial score (nSPS) is 13.4. The van der Waals surface area contributed by atoms with Crippen LogP contribution >= 0.6 is 0 Å². The monoisotopic (exact) mass is 417 g/mol. The van der Waals surface area contributed by atoms with E-state index in [0.29, 0.717) is 5.69 Å². The number of amides is 3. The van der Waals surface area contributed by atoms with Crippen LogP contribution in [0.15, 0.2) is 59.5 Å². The summed E-state index contributed by atoms with van der Waals surface area (Å²) in [5.74, 6) is -0.445. The zero-order valence-corrected chi connectivity index (χ0v) is 17.8. The fourth-order valence-electron chi connectivity index (χ4n) is 2.76. The van der Waals surface area contributed by atoms with Gasteiger partial charge in [-0.3, -0.25) is 4.79 Å². The maximum atomic E-state index is 12.7. The van der Waals surface area contributed by atoms with Crippen molar-refractivity contribution in [1.29, 1.82) is 0 Å². The van der Waals surface area contributed by atoms with Crippen molar-refractivity contribution >= 4 is 27.5 Å². The van der Waals surface area contributed by atoms with E-state index in [2.05, 4.69) is 16.0 Å². The zero-order valence-electron chi connectivity index (χ0n) is 17.0. The fourth-order valence-corrected chi connectivity index (χ4v) is 3.39. The first kappa shape index (κ1) is 22.4. The summed E-state index contributed by atoms with van der Waals surface area (Å²) in [6, 6.07) is 13.8. The molecule has 0 saturated carbocycles.